The van der Waals surface area contributed by atoms with Crippen LogP contribution in [0.5, 0.6) is 0 Å². The van der Waals surface area contributed by atoms with Crippen molar-refractivity contribution in [1.29, 1.82) is 0 Å². The zero-order valence-electron chi connectivity index (χ0n) is 13.1. The number of hydrogen-bond acceptors (Lipinski definition) is 2. The topological polar surface area (TPSA) is 6.48 Å². The second-order valence-corrected chi connectivity index (χ2v) is 6.27. The Hall–Kier alpha value is -0.0800. The van der Waals surface area contributed by atoms with Gasteiger partial charge in [0.25, 0.3) is 0 Å². The van der Waals surface area contributed by atoms with Crippen molar-refractivity contribution in [3.05, 3.63) is 0 Å². The maximum atomic E-state index is 8.53. The van der Waals surface area contributed by atoms with E-state index < -0.39 is 6.50 Å². The Balaban J connectivity index is 2.20. The van der Waals surface area contributed by atoms with Gasteiger partial charge in [0, 0.05) is 22.3 Å². The van der Waals surface area contributed by atoms with E-state index in [1.54, 1.807) is 0 Å². The first-order valence-electron chi connectivity index (χ1n) is 7.85. The molecule has 0 aliphatic carbocycles. The number of rotatable bonds is 1. The van der Waals surface area contributed by atoms with Gasteiger partial charge >= 0.3 is 0 Å². The van der Waals surface area contributed by atoms with Crippen LogP contribution < -0.4 is 0 Å². The summed E-state index contributed by atoms with van der Waals surface area (Å²) in [6.45, 7) is 8.04. The molecule has 0 spiro atoms. The van der Waals surface area contributed by atoms with Crippen molar-refractivity contribution >= 4 is 0 Å². The van der Waals surface area contributed by atoms with E-state index in [0.29, 0.717) is 6.17 Å². The molecular formula is C14H28N2. The van der Waals surface area contributed by atoms with Crippen LogP contribution >= 0.6 is 0 Å². The van der Waals surface area contributed by atoms with Crippen LogP contribution in [0.3, 0.4) is 0 Å². The van der Waals surface area contributed by atoms with E-state index in [1.165, 1.54) is 19.3 Å². The average Bonchev–Trinajstić information content (AvgIpc) is 2.51. The first kappa shape index (κ1) is 9.90. The highest BCUT2D eigenvalue weighted by Gasteiger charge is 2.31. The molecule has 94 valence electrons. The Kier molecular flexibility index (Phi) is 3.13. The quantitative estimate of drug-likeness (QED) is 0.678. The molecule has 0 N–H and O–H groups in total. The summed E-state index contributed by atoms with van der Waals surface area (Å²) in [7, 11) is 0. The van der Waals surface area contributed by atoms with Crippen molar-refractivity contribution in [1.82, 2.24) is 9.80 Å². The molecule has 0 aromatic carbocycles. The second kappa shape index (κ2) is 5.05. The Morgan fingerprint density at radius 1 is 1.06 bits per heavy atom. The van der Waals surface area contributed by atoms with Crippen LogP contribution in [0.15, 0.2) is 0 Å². The summed E-state index contributed by atoms with van der Waals surface area (Å²) in [4.78, 5) is 4.65. The van der Waals surface area contributed by atoms with Crippen molar-refractivity contribution in [2.75, 3.05) is 26.1 Å². The number of hydrogen-bond donors (Lipinski definition) is 0. The second-order valence-electron chi connectivity index (χ2n) is 6.27. The summed E-state index contributed by atoms with van der Waals surface area (Å²) in [5.74, 6) is 0. The monoisotopic (exact) mass is 226 g/mol. The summed E-state index contributed by atoms with van der Waals surface area (Å²) in [5.41, 5.74) is -0.331. The maximum absolute atomic E-state index is 8.53. The summed E-state index contributed by atoms with van der Waals surface area (Å²) < 4.78 is 17.1. The molecule has 16 heavy (non-hydrogen) atoms. The molecule has 2 aliphatic heterocycles. The molecule has 0 radical (unpaired) electrons. The molecule has 2 heterocycles. The summed E-state index contributed by atoms with van der Waals surface area (Å²) >= 11 is 0. The van der Waals surface area contributed by atoms with Crippen LogP contribution in [-0.4, -0.2) is 42.1 Å². The van der Waals surface area contributed by atoms with E-state index in [2.05, 4.69) is 9.80 Å². The van der Waals surface area contributed by atoms with Gasteiger partial charge in [-0.3, -0.25) is 9.80 Å². The highest BCUT2D eigenvalue weighted by Crippen LogP contribution is 2.27. The van der Waals surface area contributed by atoms with Gasteiger partial charge in [-0.25, -0.2) is 0 Å². The van der Waals surface area contributed by atoms with Gasteiger partial charge in [-0.15, -0.1) is 0 Å². The lowest BCUT2D eigenvalue weighted by molar-refractivity contribution is -0.0129. The summed E-state index contributed by atoms with van der Waals surface area (Å²) in [6.07, 6.45) is 6.40. The predicted molar refractivity (Wildman–Crippen MR) is 69.5 cm³/mol. The lowest BCUT2D eigenvalue weighted by Crippen LogP contribution is -2.55. The summed E-state index contributed by atoms with van der Waals surface area (Å²) in [5, 5.41) is 0. The third-order valence-corrected chi connectivity index (χ3v) is 3.51. The van der Waals surface area contributed by atoms with Crippen LogP contribution in [0.1, 0.15) is 55.6 Å². The first-order valence-corrected chi connectivity index (χ1v) is 6.85. The molecule has 2 aliphatic rings. The highest BCUT2D eigenvalue weighted by atomic mass is 15.4. The predicted octanol–water partition coefficient (Wildman–Crippen LogP) is 2.94. The van der Waals surface area contributed by atoms with Gasteiger partial charge in [-0.2, -0.15) is 0 Å². The minimum atomic E-state index is -1.22. The van der Waals surface area contributed by atoms with Gasteiger partial charge in [0.1, 0.15) is 0 Å². The van der Waals surface area contributed by atoms with Gasteiger partial charge in [0.05, 0.1) is 6.17 Å². The lowest BCUT2D eigenvalue weighted by Gasteiger charge is -2.45. The molecule has 1 unspecified atom stereocenters. The Labute approximate surface area is 104 Å². The van der Waals surface area contributed by atoms with Gasteiger partial charge in [-0.1, -0.05) is 33.6 Å². The zero-order chi connectivity index (χ0) is 13.4. The minimum Gasteiger partial charge on any atom is -0.288 e. The van der Waals surface area contributed by atoms with Crippen LogP contribution in [0, 0.1) is 5.41 Å². The molecule has 0 amide bonds. The van der Waals surface area contributed by atoms with Crippen LogP contribution in [0.25, 0.3) is 0 Å². The number of fused-ring (bicyclic) bond motifs is 1. The van der Waals surface area contributed by atoms with Gasteiger partial charge in [0.2, 0.25) is 0 Å². The fourth-order valence-corrected chi connectivity index (χ4v) is 2.92. The highest BCUT2D eigenvalue weighted by molar-refractivity contribution is 4.83. The molecule has 2 saturated heterocycles. The molecule has 2 fully saturated rings. The Morgan fingerprint density at radius 3 is 2.56 bits per heavy atom. The molecule has 1 atom stereocenters. The fourth-order valence-electron chi connectivity index (χ4n) is 2.92. The largest absolute Gasteiger partial charge is 0.288 e. The van der Waals surface area contributed by atoms with Crippen LogP contribution in [0.2, 0.25) is 0 Å². The molecule has 0 bridgehead atoms. The van der Waals surface area contributed by atoms with Crippen molar-refractivity contribution in [3.63, 3.8) is 0 Å². The summed E-state index contributed by atoms with van der Waals surface area (Å²) in [6, 6.07) is 0. The van der Waals surface area contributed by atoms with Crippen molar-refractivity contribution in [3.8, 4) is 0 Å². The van der Waals surface area contributed by atoms with Gasteiger partial charge < -0.3 is 0 Å². The van der Waals surface area contributed by atoms with Crippen molar-refractivity contribution in [2.24, 2.45) is 5.41 Å². The standard InChI is InChI=1S/C14H28N2/c1-14(2,3)12-16-11-7-10-15-9-6-4-5-8-13(15)16/h13H,4-12H2,1-3H3/i12D2. The third-order valence-electron chi connectivity index (χ3n) is 3.51. The van der Waals surface area contributed by atoms with Crippen molar-refractivity contribution in [2.45, 2.75) is 59.0 Å². The lowest BCUT2D eigenvalue weighted by atomic mass is 9.94. The molecule has 0 saturated carbocycles. The normalized spacial score (nSPS) is 32.6. The van der Waals surface area contributed by atoms with E-state index in [0.717, 1.165) is 32.5 Å². The molecule has 0 aromatic rings. The molecule has 2 rings (SSSR count). The minimum absolute atomic E-state index is 0.329. The van der Waals surface area contributed by atoms with Gasteiger partial charge in [-0.05, 0) is 31.2 Å². The molecular weight excluding hydrogens is 196 g/mol. The smallest absolute Gasteiger partial charge is 0.0622 e. The third kappa shape index (κ3) is 3.21. The van der Waals surface area contributed by atoms with Gasteiger partial charge in [0.15, 0.2) is 0 Å². The Morgan fingerprint density at radius 2 is 1.81 bits per heavy atom. The van der Waals surface area contributed by atoms with E-state index in [1.807, 2.05) is 20.8 Å². The van der Waals surface area contributed by atoms with E-state index in [-0.39, 0.29) is 5.41 Å². The first-order chi connectivity index (χ1) is 8.34. The van der Waals surface area contributed by atoms with E-state index in [4.69, 9.17) is 2.74 Å². The SMILES string of the molecule is [2H]C([2H])(N1CCCN2CCCCCC21)C(C)(C)C. The fraction of sp³-hybridized carbons (Fsp3) is 1.00. The maximum Gasteiger partial charge on any atom is 0.0622 e. The Bertz CT molecular complexity index is 286. The molecule has 2 nitrogen and oxygen atoms in total. The number of nitrogens with zero attached hydrogens (tertiary/aromatic N) is 2. The van der Waals surface area contributed by atoms with Crippen molar-refractivity contribution < 1.29 is 2.74 Å². The van der Waals surface area contributed by atoms with E-state index >= 15 is 0 Å². The molecule has 0 aromatic heterocycles. The van der Waals surface area contributed by atoms with Crippen LogP contribution in [-0.2, 0) is 0 Å². The zero-order valence-corrected chi connectivity index (χ0v) is 11.1. The van der Waals surface area contributed by atoms with E-state index in [9.17, 15) is 0 Å². The molecule has 2 heteroatoms. The van der Waals surface area contributed by atoms with Crippen LogP contribution in [0.4, 0.5) is 0 Å². The average molecular weight is 226 g/mol.